The molecule has 0 aliphatic heterocycles. The van der Waals surface area contributed by atoms with Crippen molar-refractivity contribution in [1.29, 1.82) is 5.26 Å². The van der Waals surface area contributed by atoms with Crippen LogP contribution < -0.4 is 10.0 Å². The van der Waals surface area contributed by atoms with Gasteiger partial charge in [-0.1, -0.05) is 11.6 Å². The van der Waals surface area contributed by atoms with Crippen molar-refractivity contribution >= 4 is 21.6 Å². The third kappa shape index (κ3) is 5.07. The summed E-state index contributed by atoms with van der Waals surface area (Å²) in [7, 11) is -2.13. The van der Waals surface area contributed by atoms with Crippen molar-refractivity contribution in [1.82, 2.24) is 10.0 Å². The SMILES string of the molecule is COCCNCCNS(=O)(=O)c1cc(C#N)ccc1Cl. The Morgan fingerprint density at radius 2 is 2.10 bits per heavy atom. The molecule has 0 heterocycles. The fourth-order valence-electron chi connectivity index (χ4n) is 1.43. The summed E-state index contributed by atoms with van der Waals surface area (Å²) in [5.41, 5.74) is 0.244. The minimum Gasteiger partial charge on any atom is -0.383 e. The van der Waals surface area contributed by atoms with Crippen LogP contribution in [-0.2, 0) is 14.8 Å². The van der Waals surface area contributed by atoms with Gasteiger partial charge in [0.25, 0.3) is 0 Å². The van der Waals surface area contributed by atoms with E-state index < -0.39 is 10.0 Å². The first-order valence-corrected chi connectivity index (χ1v) is 7.76. The molecule has 6 nitrogen and oxygen atoms in total. The van der Waals surface area contributed by atoms with Crippen LogP contribution in [0.25, 0.3) is 0 Å². The lowest BCUT2D eigenvalue weighted by molar-refractivity contribution is 0.199. The highest BCUT2D eigenvalue weighted by Gasteiger charge is 2.17. The van der Waals surface area contributed by atoms with E-state index in [1.54, 1.807) is 7.11 Å². The van der Waals surface area contributed by atoms with Gasteiger partial charge in [-0.3, -0.25) is 0 Å². The van der Waals surface area contributed by atoms with Crippen LogP contribution in [0.15, 0.2) is 23.1 Å². The van der Waals surface area contributed by atoms with Crippen molar-refractivity contribution in [2.75, 3.05) is 33.4 Å². The van der Waals surface area contributed by atoms with Gasteiger partial charge in [0.05, 0.1) is 23.3 Å². The predicted molar refractivity (Wildman–Crippen MR) is 76.1 cm³/mol. The van der Waals surface area contributed by atoms with Crippen LogP contribution in [0.2, 0.25) is 5.02 Å². The molecule has 2 N–H and O–H groups in total. The summed E-state index contributed by atoms with van der Waals surface area (Å²) in [5.74, 6) is 0. The van der Waals surface area contributed by atoms with Gasteiger partial charge in [-0.05, 0) is 18.2 Å². The lowest BCUT2D eigenvalue weighted by atomic mass is 10.2. The van der Waals surface area contributed by atoms with Crippen molar-refractivity contribution < 1.29 is 13.2 Å². The molecule has 110 valence electrons. The Kier molecular flexibility index (Phi) is 6.91. The Labute approximate surface area is 123 Å². The quantitative estimate of drug-likeness (QED) is 0.690. The molecule has 0 aliphatic carbocycles. The molecule has 0 atom stereocenters. The van der Waals surface area contributed by atoms with Crippen molar-refractivity contribution in [2.24, 2.45) is 0 Å². The number of ether oxygens (including phenoxy) is 1. The lowest BCUT2D eigenvalue weighted by Gasteiger charge is -2.09. The summed E-state index contributed by atoms with van der Waals surface area (Å²) in [6.45, 7) is 1.89. The van der Waals surface area contributed by atoms with Crippen LogP contribution in [0.5, 0.6) is 0 Å². The summed E-state index contributed by atoms with van der Waals surface area (Å²) in [4.78, 5) is -0.0879. The number of nitrogens with zero attached hydrogens (tertiary/aromatic N) is 1. The summed E-state index contributed by atoms with van der Waals surface area (Å²) in [6.07, 6.45) is 0. The second kappa shape index (κ2) is 8.19. The zero-order valence-electron chi connectivity index (χ0n) is 11.0. The fourth-order valence-corrected chi connectivity index (χ4v) is 2.99. The highest BCUT2D eigenvalue weighted by atomic mass is 35.5. The maximum Gasteiger partial charge on any atom is 0.242 e. The Morgan fingerprint density at radius 1 is 1.35 bits per heavy atom. The average Bonchev–Trinajstić information content (AvgIpc) is 2.43. The van der Waals surface area contributed by atoms with E-state index >= 15 is 0 Å². The molecule has 0 spiro atoms. The van der Waals surface area contributed by atoms with E-state index in [0.717, 1.165) is 0 Å². The van der Waals surface area contributed by atoms with E-state index in [9.17, 15) is 8.42 Å². The van der Waals surface area contributed by atoms with E-state index in [1.807, 2.05) is 6.07 Å². The lowest BCUT2D eigenvalue weighted by Crippen LogP contribution is -2.33. The number of hydrogen-bond donors (Lipinski definition) is 2. The van der Waals surface area contributed by atoms with Gasteiger partial charge >= 0.3 is 0 Å². The zero-order chi connectivity index (χ0) is 15.0. The number of benzene rings is 1. The zero-order valence-corrected chi connectivity index (χ0v) is 12.6. The molecule has 8 heteroatoms. The number of rotatable bonds is 8. The van der Waals surface area contributed by atoms with Crippen LogP contribution >= 0.6 is 11.6 Å². The number of halogens is 1. The average molecular weight is 318 g/mol. The first kappa shape index (κ1) is 16.9. The first-order chi connectivity index (χ1) is 9.51. The molecule has 0 bridgehead atoms. The van der Waals surface area contributed by atoms with Gasteiger partial charge in [0.2, 0.25) is 10.0 Å². The molecule has 1 rings (SSSR count). The van der Waals surface area contributed by atoms with Crippen molar-refractivity contribution in [3.05, 3.63) is 28.8 Å². The Bertz CT molecular complexity index is 584. The summed E-state index contributed by atoms with van der Waals surface area (Å²) in [6, 6.07) is 5.99. The molecule has 1 aromatic rings. The molecular weight excluding hydrogens is 302 g/mol. The maximum atomic E-state index is 12.1. The molecule has 0 radical (unpaired) electrons. The van der Waals surface area contributed by atoms with Crippen molar-refractivity contribution in [2.45, 2.75) is 4.90 Å². The molecule has 0 aliphatic rings. The number of sulfonamides is 1. The number of nitrogens with one attached hydrogen (secondary N) is 2. The second-order valence-corrected chi connectivity index (χ2v) is 6.04. The molecule has 1 aromatic carbocycles. The Balaban J connectivity index is 2.63. The highest BCUT2D eigenvalue weighted by Crippen LogP contribution is 2.22. The van der Waals surface area contributed by atoms with Gasteiger partial charge in [-0.25, -0.2) is 13.1 Å². The summed E-state index contributed by atoms with van der Waals surface area (Å²) >= 11 is 5.86. The smallest absolute Gasteiger partial charge is 0.242 e. The van der Waals surface area contributed by atoms with Crippen LogP contribution in [0.4, 0.5) is 0 Å². The van der Waals surface area contributed by atoms with Crippen LogP contribution in [0, 0.1) is 11.3 Å². The molecule has 0 saturated heterocycles. The molecule has 0 unspecified atom stereocenters. The summed E-state index contributed by atoms with van der Waals surface area (Å²) in [5, 5.41) is 11.9. The van der Waals surface area contributed by atoms with E-state index in [1.165, 1.54) is 18.2 Å². The molecule has 0 aromatic heterocycles. The molecule has 0 fully saturated rings. The van der Waals surface area contributed by atoms with E-state index in [-0.39, 0.29) is 22.0 Å². The van der Waals surface area contributed by atoms with Crippen LogP contribution in [0.3, 0.4) is 0 Å². The monoisotopic (exact) mass is 317 g/mol. The van der Waals surface area contributed by atoms with Gasteiger partial charge in [0.15, 0.2) is 0 Å². The largest absolute Gasteiger partial charge is 0.383 e. The molecule has 0 saturated carbocycles. The fraction of sp³-hybridized carbons (Fsp3) is 0.417. The van der Waals surface area contributed by atoms with Gasteiger partial charge in [-0.15, -0.1) is 0 Å². The highest BCUT2D eigenvalue weighted by molar-refractivity contribution is 7.89. The van der Waals surface area contributed by atoms with Crippen LogP contribution in [-0.4, -0.2) is 41.8 Å². The Morgan fingerprint density at radius 3 is 2.75 bits per heavy atom. The molecule has 20 heavy (non-hydrogen) atoms. The molecule has 0 amide bonds. The van der Waals surface area contributed by atoms with E-state index in [0.29, 0.717) is 19.7 Å². The number of methoxy groups -OCH3 is 1. The number of hydrogen-bond acceptors (Lipinski definition) is 5. The van der Waals surface area contributed by atoms with E-state index in [4.69, 9.17) is 21.6 Å². The first-order valence-electron chi connectivity index (χ1n) is 5.90. The van der Waals surface area contributed by atoms with Gasteiger partial charge in [0, 0.05) is 26.7 Å². The van der Waals surface area contributed by atoms with Crippen molar-refractivity contribution in [3.8, 4) is 6.07 Å². The van der Waals surface area contributed by atoms with Crippen molar-refractivity contribution in [3.63, 3.8) is 0 Å². The second-order valence-electron chi connectivity index (χ2n) is 3.90. The predicted octanol–water partition coefficient (Wildman–Crippen LogP) is 0.726. The summed E-state index contributed by atoms with van der Waals surface area (Å²) < 4.78 is 31.4. The van der Waals surface area contributed by atoms with Gasteiger partial charge in [0.1, 0.15) is 4.90 Å². The third-order valence-corrected chi connectivity index (χ3v) is 4.37. The minimum absolute atomic E-state index is 0.0869. The van der Waals surface area contributed by atoms with Gasteiger partial charge < -0.3 is 10.1 Å². The van der Waals surface area contributed by atoms with Gasteiger partial charge in [-0.2, -0.15) is 5.26 Å². The number of nitriles is 1. The third-order valence-electron chi connectivity index (χ3n) is 2.43. The normalized spacial score (nSPS) is 11.2. The molecular formula is C12H16ClN3O3S. The minimum atomic E-state index is -3.72. The Hall–Kier alpha value is -1.17. The van der Waals surface area contributed by atoms with Crippen LogP contribution in [0.1, 0.15) is 5.56 Å². The standard InChI is InChI=1S/C12H16ClN3O3S/c1-19-7-6-15-4-5-16-20(17,18)12-8-10(9-14)2-3-11(12)13/h2-3,8,15-16H,4-7H2,1H3. The van der Waals surface area contributed by atoms with E-state index in [2.05, 4.69) is 10.0 Å². The maximum absolute atomic E-state index is 12.1. The topological polar surface area (TPSA) is 91.2 Å².